The first-order chi connectivity index (χ1) is 10.2. The van der Waals surface area contributed by atoms with Gasteiger partial charge in [-0.2, -0.15) is 5.26 Å². The van der Waals surface area contributed by atoms with Gasteiger partial charge in [0.25, 0.3) is 10.0 Å². The van der Waals surface area contributed by atoms with Crippen molar-refractivity contribution in [1.82, 2.24) is 0 Å². The minimum absolute atomic E-state index is 0.153. The highest BCUT2D eigenvalue weighted by Gasteiger charge is 2.19. The molecule has 22 heavy (non-hydrogen) atoms. The second-order valence-corrected chi connectivity index (χ2v) is 7.19. The molecule has 114 valence electrons. The molecule has 0 saturated carbocycles. The number of sulfonamides is 1. The Labute approximate surface area is 135 Å². The quantitative estimate of drug-likeness (QED) is 0.924. The molecule has 0 radical (unpaired) electrons. The van der Waals surface area contributed by atoms with E-state index in [4.69, 9.17) is 16.9 Å². The van der Waals surface area contributed by atoms with Crippen LogP contribution in [0.3, 0.4) is 0 Å². The molecule has 2 aromatic carbocycles. The monoisotopic (exact) mass is 334 g/mol. The number of nitrogens with zero attached hydrogens (tertiary/aromatic N) is 1. The highest BCUT2D eigenvalue weighted by molar-refractivity contribution is 7.92. The molecule has 0 aliphatic carbocycles. The SMILES string of the molecule is Cc1ccc(C#N)c(NS(=O)(=O)c2cc(C)c(Cl)cc2C)c1. The normalized spacial score (nSPS) is 11.0. The van der Waals surface area contributed by atoms with Crippen LogP contribution in [0, 0.1) is 32.1 Å². The Morgan fingerprint density at radius 2 is 1.77 bits per heavy atom. The maximum Gasteiger partial charge on any atom is 0.262 e. The predicted octanol–water partition coefficient (Wildman–Crippen LogP) is 3.94. The van der Waals surface area contributed by atoms with Crippen LogP contribution in [0.15, 0.2) is 35.2 Å². The first kappa shape index (κ1) is 16.3. The molecule has 0 saturated heterocycles. The Bertz CT molecular complexity index is 884. The standard InChI is InChI=1S/C16H15ClN2O2S/c1-10-4-5-13(9-18)15(6-10)19-22(20,21)16-8-11(2)14(17)7-12(16)3/h4-8,19H,1-3H3. The van der Waals surface area contributed by atoms with Crippen molar-refractivity contribution in [3.05, 3.63) is 57.6 Å². The molecule has 6 heteroatoms. The lowest BCUT2D eigenvalue weighted by atomic mass is 10.1. The molecule has 0 spiro atoms. The Balaban J connectivity index is 2.52. The zero-order valence-electron chi connectivity index (χ0n) is 12.4. The highest BCUT2D eigenvalue weighted by Crippen LogP contribution is 2.27. The molecule has 1 N–H and O–H groups in total. The van der Waals surface area contributed by atoms with Gasteiger partial charge in [0.2, 0.25) is 0 Å². The summed E-state index contributed by atoms with van der Waals surface area (Å²) >= 11 is 6.01. The summed E-state index contributed by atoms with van der Waals surface area (Å²) in [7, 11) is -3.79. The maximum absolute atomic E-state index is 12.6. The van der Waals surface area contributed by atoms with Crippen molar-refractivity contribution >= 4 is 27.3 Å². The molecular weight excluding hydrogens is 320 g/mol. The first-order valence-corrected chi connectivity index (χ1v) is 8.41. The highest BCUT2D eigenvalue weighted by atomic mass is 35.5. The van der Waals surface area contributed by atoms with Crippen LogP contribution >= 0.6 is 11.6 Å². The Kier molecular flexibility index (Phi) is 4.45. The van der Waals surface area contributed by atoms with E-state index in [-0.39, 0.29) is 16.1 Å². The van der Waals surface area contributed by atoms with Crippen molar-refractivity contribution in [2.75, 3.05) is 4.72 Å². The van der Waals surface area contributed by atoms with Crippen LogP contribution in [0.25, 0.3) is 0 Å². The van der Waals surface area contributed by atoms with Gasteiger partial charge in [-0.25, -0.2) is 8.42 Å². The summed E-state index contributed by atoms with van der Waals surface area (Å²) in [5.41, 5.74) is 2.64. The summed E-state index contributed by atoms with van der Waals surface area (Å²) in [6.45, 7) is 5.26. The van der Waals surface area contributed by atoms with E-state index in [1.165, 1.54) is 6.07 Å². The summed E-state index contributed by atoms with van der Waals surface area (Å²) in [5.74, 6) is 0. The number of aryl methyl sites for hydroxylation is 3. The third-order valence-electron chi connectivity index (χ3n) is 3.29. The second-order valence-electron chi connectivity index (χ2n) is 5.13. The van der Waals surface area contributed by atoms with E-state index in [0.717, 1.165) is 5.56 Å². The van der Waals surface area contributed by atoms with Crippen LogP contribution in [-0.2, 0) is 10.0 Å². The molecule has 0 bridgehead atoms. The Morgan fingerprint density at radius 3 is 2.41 bits per heavy atom. The number of halogens is 1. The number of anilines is 1. The lowest BCUT2D eigenvalue weighted by Crippen LogP contribution is -2.15. The van der Waals surface area contributed by atoms with Gasteiger partial charge in [0.1, 0.15) is 6.07 Å². The van der Waals surface area contributed by atoms with E-state index < -0.39 is 10.0 Å². The van der Waals surface area contributed by atoms with Crippen LogP contribution in [-0.4, -0.2) is 8.42 Å². The topological polar surface area (TPSA) is 70.0 Å². The second kappa shape index (κ2) is 5.99. The Morgan fingerprint density at radius 1 is 1.09 bits per heavy atom. The van der Waals surface area contributed by atoms with Crippen molar-refractivity contribution < 1.29 is 8.42 Å². The number of benzene rings is 2. The molecule has 2 rings (SSSR count). The lowest BCUT2D eigenvalue weighted by Gasteiger charge is -2.13. The lowest BCUT2D eigenvalue weighted by molar-refractivity contribution is 0.600. The first-order valence-electron chi connectivity index (χ1n) is 6.55. The largest absolute Gasteiger partial charge is 0.278 e. The van der Waals surface area contributed by atoms with E-state index in [2.05, 4.69) is 4.72 Å². The van der Waals surface area contributed by atoms with Crippen molar-refractivity contribution in [3.8, 4) is 6.07 Å². The van der Waals surface area contributed by atoms with Gasteiger partial charge in [-0.15, -0.1) is 0 Å². The Hall–Kier alpha value is -2.03. The molecule has 4 nitrogen and oxygen atoms in total. The van der Waals surface area contributed by atoms with Gasteiger partial charge < -0.3 is 0 Å². The molecular formula is C16H15ClN2O2S. The van der Waals surface area contributed by atoms with Crippen molar-refractivity contribution in [2.24, 2.45) is 0 Å². The van der Waals surface area contributed by atoms with Crippen molar-refractivity contribution in [1.29, 1.82) is 5.26 Å². The zero-order valence-corrected chi connectivity index (χ0v) is 14.0. The third kappa shape index (κ3) is 3.24. The fourth-order valence-corrected chi connectivity index (χ4v) is 3.69. The van der Waals surface area contributed by atoms with Gasteiger partial charge in [0.05, 0.1) is 16.1 Å². The van der Waals surface area contributed by atoms with Gasteiger partial charge in [-0.1, -0.05) is 17.7 Å². The summed E-state index contributed by atoms with van der Waals surface area (Å²) in [5, 5.41) is 9.63. The molecule has 2 aromatic rings. The van der Waals surface area contributed by atoms with Crippen LogP contribution in [0.4, 0.5) is 5.69 Å². The average molecular weight is 335 g/mol. The number of rotatable bonds is 3. The number of hydrogen-bond donors (Lipinski definition) is 1. The van der Waals surface area contributed by atoms with Gasteiger partial charge in [0, 0.05) is 5.02 Å². The average Bonchev–Trinajstić information content (AvgIpc) is 2.42. The van der Waals surface area contributed by atoms with Crippen molar-refractivity contribution in [2.45, 2.75) is 25.7 Å². The zero-order chi connectivity index (χ0) is 16.5. The fraction of sp³-hybridized carbons (Fsp3) is 0.188. The molecule has 0 aromatic heterocycles. The van der Waals surface area contributed by atoms with Gasteiger partial charge >= 0.3 is 0 Å². The summed E-state index contributed by atoms with van der Waals surface area (Å²) < 4.78 is 27.7. The van der Waals surface area contributed by atoms with Crippen LogP contribution in [0.5, 0.6) is 0 Å². The number of nitriles is 1. The number of hydrogen-bond acceptors (Lipinski definition) is 3. The van der Waals surface area contributed by atoms with Gasteiger partial charge in [-0.05, 0) is 61.7 Å². The summed E-state index contributed by atoms with van der Waals surface area (Å²) in [6, 6.07) is 10.1. The number of nitrogens with one attached hydrogen (secondary N) is 1. The van der Waals surface area contributed by atoms with E-state index in [1.807, 2.05) is 13.0 Å². The third-order valence-corrected chi connectivity index (χ3v) is 5.20. The summed E-state index contributed by atoms with van der Waals surface area (Å²) in [6.07, 6.45) is 0. The molecule has 0 heterocycles. The smallest absolute Gasteiger partial charge is 0.262 e. The van der Waals surface area contributed by atoms with E-state index in [9.17, 15) is 8.42 Å². The van der Waals surface area contributed by atoms with Crippen LogP contribution < -0.4 is 4.72 Å². The van der Waals surface area contributed by atoms with Crippen LogP contribution in [0.1, 0.15) is 22.3 Å². The maximum atomic E-state index is 12.6. The molecule has 0 atom stereocenters. The van der Waals surface area contributed by atoms with Gasteiger partial charge in [-0.3, -0.25) is 4.72 Å². The van der Waals surface area contributed by atoms with Crippen molar-refractivity contribution in [3.63, 3.8) is 0 Å². The molecule has 0 aliphatic heterocycles. The molecule has 0 fully saturated rings. The molecule has 0 aliphatic rings. The van der Waals surface area contributed by atoms with Gasteiger partial charge in [0.15, 0.2) is 0 Å². The van der Waals surface area contributed by atoms with E-state index in [0.29, 0.717) is 16.1 Å². The van der Waals surface area contributed by atoms with E-state index in [1.54, 1.807) is 38.1 Å². The van der Waals surface area contributed by atoms with Crippen LogP contribution in [0.2, 0.25) is 5.02 Å². The van der Waals surface area contributed by atoms with E-state index >= 15 is 0 Å². The fourth-order valence-electron chi connectivity index (χ4n) is 2.08. The molecule has 0 amide bonds. The minimum atomic E-state index is -3.79. The molecule has 0 unspecified atom stereocenters. The predicted molar refractivity (Wildman–Crippen MR) is 87.6 cm³/mol. The minimum Gasteiger partial charge on any atom is -0.278 e. The summed E-state index contributed by atoms with van der Waals surface area (Å²) in [4.78, 5) is 0.153.